The third kappa shape index (κ3) is 6.82. The van der Waals surface area contributed by atoms with Gasteiger partial charge in [0.15, 0.2) is 0 Å². The first-order valence-corrected chi connectivity index (χ1v) is 11.3. The average molecular weight is 465 g/mol. The molecule has 0 saturated heterocycles. The highest BCUT2D eigenvalue weighted by Crippen LogP contribution is 2.27. The molecule has 2 aromatic rings. The minimum absolute atomic E-state index is 0.193. The first-order valence-electron chi connectivity index (χ1n) is 11.3. The first-order chi connectivity index (χ1) is 16.0. The Morgan fingerprint density at radius 2 is 1.97 bits per heavy atom. The van der Waals surface area contributed by atoms with E-state index in [1.54, 1.807) is 12.4 Å². The Bertz CT molecular complexity index is 1120. The summed E-state index contributed by atoms with van der Waals surface area (Å²) in [5.41, 5.74) is 7.59. The number of amides is 1. The van der Waals surface area contributed by atoms with E-state index in [1.165, 1.54) is 7.05 Å². The molecule has 3 N–H and O–H groups in total. The molecule has 0 saturated carbocycles. The lowest BCUT2D eigenvalue weighted by atomic mass is 9.85. The van der Waals surface area contributed by atoms with Crippen LogP contribution in [0.1, 0.15) is 52.3 Å². The van der Waals surface area contributed by atoms with E-state index in [2.05, 4.69) is 20.7 Å². The highest BCUT2D eigenvalue weighted by Gasteiger charge is 2.33. The van der Waals surface area contributed by atoms with E-state index >= 15 is 0 Å². The number of hydrazine groups is 1. The van der Waals surface area contributed by atoms with Crippen LogP contribution in [-0.2, 0) is 4.79 Å². The van der Waals surface area contributed by atoms with Gasteiger partial charge < -0.3 is 5.32 Å². The van der Waals surface area contributed by atoms with Crippen molar-refractivity contribution in [1.82, 2.24) is 20.6 Å². The molecule has 0 aliphatic rings. The van der Waals surface area contributed by atoms with Gasteiger partial charge in [-0.15, -0.1) is 5.17 Å². The lowest BCUT2D eigenvalue weighted by Crippen LogP contribution is -2.38. The molecule has 0 atom stereocenters. The Balaban J connectivity index is 2.37. The predicted octanol–water partition coefficient (Wildman–Crippen LogP) is 5.21. The van der Waals surface area contributed by atoms with Gasteiger partial charge in [-0.3, -0.25) is 20.4 Å². The standard InChI is InChI=1S/C26H36N6O2/c1-9-11-23(30-24(17(3)10-2)31-32(8)34)26(6,7)25(33)29-21-13-12-20(14-18(21)4)22-16-27-15-19(5)28-22/h9,11-16,31,34H,10H2,1-8H3,(H,29,33)/b11-9-,24-17-,30-23+. The SMILES string of the molecule is C\C=C/C(=N\C(NN(C)O)=C(/C)CC)C(C)(C)C(=O)Nc1ccc(-c2cncc(C)n2)cc1C. The number of hydroxylamine groups is 1. The number of nitrogens with one attached hydrogen (secondary N) is 2. The fourth-order valence-corrected chi connectivity index (χ4v) is 3.16. The number of aryl methyl sites for hydroxylation is 2. The lowest BCUT2D eigenvalue weighted by Gasteiger charge is -2.26. The summed E-state index contributed by atoms with van der Waals surface area (Å²) in [5.74, 6) is 0.308. The second kappa shape index (κ2) is 11.7. The summed E-state index contributed by atoms with van der Waals surface area (Å²) in [6.07, 6.45) is 7.84. The van der Waals surface area contributed by atoms with Gasteiger partial charge in [-0.2, -0.15) is 0 Å². The number of benzene rings is 1. The molecule has 0 spiro atoms. The van der Waals surface area contributed by atoms with Crippen molar-refractivity contribution in [2.24, 2.45) is 10.4 Å². The molecule has 0 unspecified atom stereocenters. The number of rotatable bonds is 9. The highest BCUT2D eigenvalue weighted by molar-refractivity contribution is 6.17. The number of carbonyl (C=O) groups excluding carboxylic acids is 1. The number of hydrogen-bond donors (Lipinski definition) is 3. The Morgan fingerprint density at radius 3 is 2.53 bits per heavy atom. The minimum atomic E-state index is -0.950. The summed E-state index contributed by atoms with van der Waals surface area (Å²) in [6, 6.07) is 5.79. The van der Waals surface area contributed by atoms with E-state index in [0.29, 0.717) is 11.5 Å². The minimum Gasteiger partial charge on any atom is -0.325 e. The van der Waals surface area contributed by atoms with E-state index in [1.807, 2.05) is 78.8 Å². The zero-order valence-corrected chi connectivity index (χ0v) is 21.4. The molecule has 8 nitrogen and oxygen atoms in total. The van der Waals surface area contributed by atoms with Gasteiger partial charge in [-0.05, 0) is 77.3 Å². The number of anilines is 1. The fraction of sp³-hybridized carbons (Fsp3) is 0.385. The Labute approximate surface area is 202 Å². The van der Waals surface area contributed by atoms with Gasteiger partial charge in [0.1, 0.15) is 5.82 Å². The van der Waals surface area contributed by atoms with E-state index in [9.17, 15) is 10.0 Å². The third-order valence-corrected chi connectivity index (χ3v) is 5.49. The molecule has 0 aliphatic heterocycles. The molecule has 1 aromatic carbocycles. The van der Waals surface area contributed by atoms with Gasteiger partial charge in [0, 0.05) is 24.5 Å². The highest BCUT2D eigenvalue weighted by atomic mass is 16.5. The number of aliphatic imine (C=N–C) groups is 1. The van der Waals surface area contributed by atoms with E-state index < -0.39 is 5.41 Å². The molecule has 1 aromatic heterocycles. The maximum atomic E-state index is 13.4. The van der Waals surface area contributed by atoms with Gasteiger partial charge in [0.25, 0.3) is 0 Å². The van der Waals surface area contributed by atoms with Crippen LogP contribution >= 0.6 is 0 Å². The van der Waals surface area contributed by atoms with Crippen LogP contribution in [0, 0.1) is 19.3 Å². The van der Waals surface area contributed by atoms with Crippen molar-refractivity contribution in [3.05, 3.63) is 65.4 Å². The number of aromatic nitrogens is 2. The van der Waals surface area contributed by atoms with Crippen molar-refractivity contribution in [2.45, 2.75) is 54.9 Å². The van der Waals surface area contributed by atoms with Gasteiger partial charge in [-0.25, -0.2) is 9.98 Å². The summed E-state index contributed by atoms with van der Waals surface area (Å²) in [4.78, 5) is 26.9. The maximum absolute atomic E-state index is 13.4. The summed E-state index contributed by atoms with van der Waals surface area (Å²) in [7, 11) is 1.47. The molecular weight excluding hydrogens is 428 g/mol. The van der Waals surface area contributed by atoms with Crippen molar-refractivity contribution in [3.8, 4) is 11.3 Å². The van der Waals surface area contributed by atoms with Crippen LogP contribution in [-0.4, -0.2) is 39.0 Å². The summed E-state index contributed by atoms with van der Waals surface area (Å²) in [5, 5.41) is 13.6. The zero-order valence-electron chi connectivity index (χ0n) is 21.4. The van der Waals surface area contributed by atoms with Gasteiger partial charge in [0.2, 0.25) is 5.91 Å². The van der Waals surface area contributed by atoms with Crippen molar-refractivity contribution in [3.63, 3.8) is 0 Å². The first kappa shape index (κ1) is 26.9. The number of nitrogens with zero attached hydrogens (tertiary/aromatic N) is 4. The molecule has 0 fully saturated rings. The van der Waals surface area contributed by atoms with Gasteiger partial charge >= 0.3 is 0 Å². The third-order valence-electron chi connectivity index (χ3n) is 5.49. The number of hydrogen-bond acceptors (Lipinski definition) is 7. The quantitative estimate of drug-likeness (QED) is 0.348. The Kier molecular flexibility index (Phi) is 9.23. The largest absolute Gasteiger partial charge is 0.325 e. The second-order valence-electron chi connectivity index (χ2n) is 8.77. The summed E-state index contributed by atoms with van der Waals surface area (Å²) >= 11 is 0. The van der Waals surface area contributed by atoms with Crippen molar-refractivity contribution in [2.75, 3.05) is 12.4 Å². The molecule has 34 heavy (non-hydrogen) atoms. The lowest BCUT2D eigenvalue weighted by molar-refractivity contribution is -0.121. The van der Waals surface area contributed by atoms with Crippen LogP contribution in [0.5, 0.6) is 0 Å². The summed E-state index contributed by atoms with van der Waals surface area (Å²) < 4.78 is 0. The molecule has 2 rings (SSSR count). The van der Waals surface area contributed by atoms with Crippen molar-refractivity contribution >= 4 is 17.3 Å². The van der Waals surface area contributed by atoms with Crippen molar-refractivity contribution < 1.29 is 10.0 Å². The van der Waals surface area contributed by atoms with Crippen LogP contribution < -0.4 is 10.7 Å². The normalized spacial score (nSPS) is 13.3. The molecular formula is C26H36N6O2. The number of allylic oxidation sites excluding steroid dienone is 3. The van der Waals surface area contributed by atoms with Crippen LogP contribution in [0.15, 0.2) is 59.1 Å². The molecule has 1 heterocycles. The molecule has 0 bridgehead atoms. The van der Waals surface area contributed by atoms with Gasteiger partial charge in [0.05, 0.1) is 28.7 Å². The summed E-state index contributed by atoms with van der Waals surface area (Å²) in [6.45, 7) is 13.3. The molecule has 1 amide bonds. The van der Waals surface area contributed by atoms with Crippen LogP contribution in [0.2, 0.25) is 0 Å². The van der Waals surface area contributed by atoms with Crippen molar-refractivity contribution in [1.29, 1.82) is 0 Å². The van der Waals surface area contributed by atoms with Gasteiger partial charge in [-0.1, -0.05) is 19.1 Å². The van der Waals surface area contributed by atoms with Crippen LogP contribution in [0.25, 0.3) is 11.3 Å². The molecule has 8 heteroatoms. The molecule has 182 valence electrons. The molecule has 0 aliphatic carbocycles. The Hall–Kier alpha value is -3.36. The van der Waals surface area contributed by atoms with E-state index in [4.69, 9.17) is 4.99 Å². The average Bonchev–Trinajstić information content (AvgIpc) is 2.78. The monoisotopic (exact) mass is 464 g/mol. The topological polar surface area (TPSA) is 103 Å². The predicted molar refractivity (Wildman–Crippen MR) is 137 cm³/mol. The fourth-order valence-electron chi connectivity index (χ4n) is 3.16. The molecule has 0 radical (unpaired) electrons. The smallest absolute Gasteiger partial charge is 0.236 e. The zero-order chi connectivity index (χ0) is 25.5. The number of carbonyl (C=O) groups is 1. The van der Waals surface area contributed by atoms with Crippen LogP contribution in [0.4, 0.5) is 5.69 Å². The van der Waals surface area contributed by atoms with E-state index in [-0.39, 0.29) is 5.91 Å². The maximum Gasteiger partial charge on any atom is 0.236 e. The Morgan fingerprint density at radius 1 is 1.26 bits per heavy atom. The van der Waals surface area contributed by atoms with E-state index in [0.717, 1.165) is 45.4 Å². The van der Waals surface area contributed by atoms with Crippen LogP contribution in [0.3, 0.4) is 0 Å². The second-order valence-corrected chi connectivity index (χ2v) is 8.77.